The lowest BCUT2D eigenvalue weighted by Gasteiger charge is -2.10. The average Bonchev–Trinajstić information content (AvgIpc) is 2.64. The molecular formula is C18H11ClFN5. The number of rotatable bonds is 3. The van der Waals surface area contributed by atoms with E-state index in [0.29, 0.717) is 27.7 Å². The Labute approximate surface area is 147 Å². The first kappa shape index (κ1) is 15.4. The van der Waals surface area contributed by atoms with Crippen molar-refractivity contribution in [2.75, 3.05) is 5.32 Å². The Hall–Kier alpha value is -3.12. The maximum Gasteiger partial charge on any atom is 0.167 e. The third-order valence-electron chi connectivity index (χ3n) is 3.55. The second-order valence-electron chi connectivity index (χ2n) is 5.23. The van der Waals surface area contributed by atoms with Gasteiger partial charge in [0.1, 0.15) is 17.5 Å². The molecule has 1 aromatic carbocycles. The molecule has 0 saturated heterocycles. The summed E-state index contributed by atoms with van der Waals surface area (Å²) in [6, 6.07) is 13.4. The van der Waals surface area contributed by atoms with Crippen LogP contribution in [0.15, 0.2) is 60.9 Å². The molecule has 0 unspecified atom stereocenters. The lowest BCUT2D eigenvalue weighted by atomic mass is 10.2. The van der Waals surface area contributed by atoms with Crippen molar-refractivity contribution in [3.63, 3.8) is 0 Å². The highest BCUT2D eigenvalue weighted by molar-refractivity contribution is 6.30. The summed E-state index contributed by atoms with van der Waals surface area (Å²) in [7, 11) is 0. The van der Waals surface area contributed by atoms with Crippen molar-refractivity contribution in [2.24, 2.45) is 0 Å². The van der Waals surface area contributed by atoms with Gasteiger partial charge in [0.05, 0.1) is 10.9 Å². The van der Waals surface area contributed by atoms with Crippen LogP contribution in [0.3, 0.4) is 0 Å². The molecule has 3 heterocycles. The predicted molar refractivity (Wildman–Crippen MR) is 95.3 cm³/mol. The number of anilines is 2. The molecule has 0 atom stereocenters. The molecule has 0 radical (unpaired) electrons. The molecule has 0 aliphatic heterocycles. The van der Waals surface area contributed by atoms with Gasteiger partial charge < -0.3 is 5.32 Å². The summed E-state index contributed by atoms with van der Waals surface area (Å²) in [5.41, 5.74) is 0.662. The number of fused-ring (bicyclic) bond motifs is 1. The lowest BCUT2D eigenvalue weighted by Crippen LogP contribution is -2.02. The number of benzene rings is 1. The molecule has 0 spiro atoms. The first-order chi connectivity index (χ1) is 12.2. The van der Waals surface area contributed by atoms with Crippen LogP contribution >= 0.6 is 11.6 Å². The number of hydrogen-bond acceptors (Lipinski definition) is 5. The molecule has 0 aliphatic rings. The minimum atomic E-state index is -0.455. The van der Waals surface area contributed by atoms with Crippen LogP contribution in [0.4, 0.5) is 16.0 Å². The van der Waals surface area contributed by atoms with Gasteiger partial charge in [0.2, 0.25) is 0 Å². The third-order valence-corrected chi connectivity index (χ3v) is 3.79. The zero-order chi connectivity index (χ0) is 17.2. The summed E-state index contributed by atoms with van der Waals surface area (Å²) in [6.07, 6.45) is 3.29. The highest BCUT2D eigenvalue weighted by atomic mass is 35.5. The lowest BCUT2D eigenvalue weighted by molar-refractivity contribution is 0.630. The normalized spacial score (nSPS) is 10.8. The van der Waals surface area contributed by atoms with Crippen molar-refractivity contribution >= 4 is 34.3 Å². The monoisotopic (exact) mass is 351 g/mol. The minimum Gasteiger partial charge on any atom is -0.324 e. The largest absolute Gasteiger partial charge is 0.324 e. The summed E-state index contributed by atoms with van der Waals surface area (Å²) < 4.78 is 14.2. The van der Waals surface area contributed by atoms with Crippen LogP contribution in [-0.4, -0.2) is 19.9 Å². The molecule has 0 aliphatic carbocycles. The number of aromatic nitrogens is 4. The molecule has 3 aromatic heterocycles. The van der Waals surface area contributed by atoms with E-state index in [1.807, 2.05) is 24.3 Å². The molecule has 1 N–H and O–H groups in total. The maximum absolute atomic E-state index is 14.2. The number of pyridine rings is 2. The molecule has 0 bridgehead atoms. The fraction of sp³-hybridized carbons (Fsp3) is 0. The molecule has 4 rings (SSSR count). The van der Waals surface area contributed by atoms with Gasteiger partial charge in [-0.3, -0.25) is 0 Å². The van der Waals surface area contributed by atoms with Crippen LogP contribution in [0.1, 0.15) is 0 Å². The van der Waals surface area contributed by atoms with E-state index in [1.54, 1.807) is 18.5 Å². The first-order valence-electron chi connectivity index (χ1n) is 7.47. The van der Waals surface area contributed by atoms with Crippen molar-refractivity contribution in [1.82, 2.24) is 19.9 Å². The number of halogens is 2. The highest BCUT2D eigenvalue weighted by Crippen LogP contribution is 2.28. The zero-order valence-electron chi connectivity index (χ0n) is 12.8. The van der Waals surface area contributed by atoms with Gasteiger partial charge in [0, 0.05) is 17.4 Å². The Bertz CT molecular complexity index is 1060. The zero-order valence-corrected chi connectivity index (χ0v) is 13.6. The third kappa shape index (κ3) is 3.12. The molecule has 0 saturated carbocycles. The van der Waals surface area contributed by atoms with Crippen LogP contribution in [-0.2, 0) is 0 Å². The van der Waals surface area contributed by atoms with E-state index in [2.05, 4.69) is 25.3 Å². The van der Waals surface area contributed by atoms with Crippen molar-refractivity contribution in [2.45, 2.75) is 0 Å². The Morgan fingerprint density at radius 2 is 1.80 bits per heavy atom. The topological polar surface area (TPSA) is 63.6 Å². The van der Waals surface area contributed by atoms with E-state index >= 15 is 0 Å². The highest BCUT2D eigenvalue weighted by Gasteiger charge is 2.14. The van der Waals surface area contributed by atoms with Gasteiger partial charge in [-0.1, -0.05) is 17.7 Å². The van der Waals surface area contributed by atoms with Crippen molar-refractivity contribution < 1.29 is 4.39 Å². The molecule has 4 aromatic rings. The van der Waals surface area contributed by atoms with Gasteiger partial charge in [0.25, 0.3) is 0 Å². The Balaban J connectivity index is 1.91. The number of nitrogens with zero attached hydrogens (tertiary/aromatic N) is 4. The van der Waals surface area contributed by atoms with Gasteiger partial charge in [-0.25, -0.2) is 24.3 Å². The van der Waals surface area contributed by atoms with E-state index < -0.39 is 5.82 Å². The summed E-state index contributed by atoms with van der Waals surface area (Å²) in [5.74, 6) is 0.850. The second-order valence-corrected chi connectivity index (χ2v) is 5.67. The van der Waals surface area contributed by atoms with Crippen LogP contribution in [0.5, 0.6) is 0 Å². The van der Waals surface area contributed by atoms with E-state index in [0.717, 1.165) is 0 Å². The second kappa shape index (κ2) is 6.41. The van der Waals surface area contributed by atoms with E-state index in [4.69, 9.17) is 11.6 Å². The quantitative estimate of drug-likeness (QED) is 0.583. The SMILES string of the molecule is Fc1ccc(Cl)cc1-c1nc(Nc2ccccn2)c2cccnc2n1. The molecule has 122 valence electrons. The Morgan fingerprint density at radius 3 is 2.64 bits per heavy atom. The summed E-state index contributed by atoms with van der Waals surface area (Å²) in [6.45, 7) is 0. The fourth-order valence-electron chi connectivity index (χ4n) is 2.40. The standard InChI is InChI=1S/C18H11ClFN5/c19-11-6-7-14(20)13(10-11)18-24-16-12(4-3-9-22-16)17(25-18)23-15-5-1-2-8-21-15/h1-10H,(H,21,22,23,24,25). The van der Waals surface area contributed by atoms with Crippen LogP contribution < -0.4 is 5.32 Å². The van der Waals surface area contributed by atoms with Gasteiger partial charge in [-0.05, 0) is 42.5 Å². The molecular weight excluding hydrogens is 341 g/mol. The Morgan fingerprint density at radius 1 is 0.920 bits per heavy atom. The van der Waals surface area contributed by atoms with Crippen molar-refractivity contribution in [3.05, 3.63) is 71.8 Å². The van der Waals surface area contributed by atoms with Crippen LogP contribution in [0, 0.1) is 5.82 Å². The number of nitrogens with one attached hydrogen (secondary N) is 1. The smallest absolute Gasteiger partial charge is 0.167 e. The van der Waals surface area contributed by atoms with Crippen LogP contribution in [0.25, 0.3) is 22.4 Å². The maximum atomic E-state index is 14.2. The van der Waals surface area contributed by atoms with Gasteiger partial charge in [-0.2, -0.15) is 0 Å². The fourth-order valence-corrected chi connectivity index (χ4v) is 2.58. The number of hydrogen-bond donors (Lipinski definition) is 1. The van der Waals surface area contributed by atoms with E-state index in [1.165, 1.54) is 18.2 Å². The summed E-state index contributed by atoms with van der Waals surface area (Å²) in [4.78, 5) is 17.3. The van der Waals surface area contributed by atoms with Gasteiger partial charge in [-0.15, -0.1) is 0 Å². The summed E-state index contributed by atoms with van der Waals surface area (Å²) in [5, 5.41) is 4.24. The van der Waals surface area contributed by atoms with Crippen molar-refractivity contribution in [1.29, 1.82) is 0 Å². The van der Waals surface area contributed by atoms with E-state index in [-0.39, 0.29) is 11.4 Å². The van der Waals surface area contributed by atoms with Crippen molar-refractivity contribution in [3.8, 4) is 11.4 Å². The minimum absolute atomic E-state index is 0.199. The molecule has 0 amide bonds. The molecule has 25 heavy (non-hydrogen) atoms. The molecule has 5 nitrogen and oxygen atoms in total. The molecule has 0 fully saturated rings. The van der Waals surface area contributed by atoms with E-state index in [9.17, 15) is 4.39 Å². The average molecular weight is 352 g/mol. The first-order valence-corrected chi connectivity index (χ1v) is 7.85. The Kier molecular flexibility index (Phi) is 3.95. The van der Waals surface area contributed by atoms with Gasteiger partial charge in [0.15, 0.2) is 11.5 Å². The summed E-state index contributed by atoms with van der Waals surface area (Å²) >= 11 is 5.99. The predicted octanol–water partition coefficient (Wildman–Crippen LogP) is 4.62. The van der Waals surface area contributed by atoms with Gasteiger partial charge >= 0.3 is 0 Å². The van der Waals surface area contributed by atoms with Crippen LogP contribution in [0.2, 0.25) is 5.02 Å². The molecule has 7 heteroatoms.